The molecule has 1 N–H and O–H groups in total. The quantitative estimate of drug-likeness (QED) is 0.700. The van der Waals surface area contributed by atoms with E-state index in [1.165, 1.54) is 16.7 Å². The summed E-state index contributed by atoms with van der Waals surface area (Å²) in [6.07, 6.45) is 7.26. The van der Waals surface area contributed by atoms with Crippen LogP contribution in [0.15, 0.2) is 60.1 Å². The van der Waals surface area contributed by atoms with Crippen LogP contribution in [0.5, 0.6) is 0 Å². The fourth-order valence-electron chi connectivity index (χ4n) is 5.40. The molecule has 0 saturated carbocycles. The van der Waals surface area contributed by atoms with Gasteiger partial charge in [-0.2, -0.15) is 13.2 Å². The molecule has 3 heterocycles. The lowest BCUT2D eigenvalue weighted by Crippen LogP contribution is -2.53. The molecule has 1 aliphatic carbocycles. The van der Waals surface area contributed by atoms with E-state index < -0.39 is 18.1 Å². The lowest BCUT2D eigenvalue weighted by molar-refractivity contribution is -0.174. The predicted molar refractivity (Wildman–Crippen MR) is 120 cm³/mol. The van der Waals surface area contributed by atoms with Crippen LogP contribution in [0, 0.1) is 0 Å². The lowest BCUT2D eigenvalue weighted by Gasteiger charge is -2.43. The average Bonchev–Trinajstić information content (AvgIpc) is 2.92. The Kier molecular flexibility index (Phi) is 5.46. The molecule has 0 unspecified atom stereocenters. The van der Waals surface area contributed by atoms with E-state index in [1.54, 1.807) is 18.6 Å². The number of hydrogen-bond acceptors (Lipinski definition) is 4. The number of halogens is 3. The van der Waals surface area contributed by atoms with E-state index in [1.807, 2.05) is 6.07 Å². The molecule has 5 nitrogen and oxygen atoms in total. The third-order valence-electron chi connectivity index (χ3n) is 6.97. The Labute approximate surface area is 190 Å². The molecule has 1 aromatic heterocycles. The number of aromatic nitrogens is 2. The molecule has 3 aliphatic rings. The zero-order valence-corrected chi connectivity index (χ0v) is 18.3. The standard InChI is InChI=1S/C25H25F3N4O/c1-15-18-4-2-3-5-19(18)23-13-17(31-24(33)25(26,27)28)8-11-32(23)22-7-6-16(12-20(15)22)21-14-29-9-10-30-21/h2,4,6-7,9-10,12,14-15,17,23H,3,5,8,11,13H2,1H3,(H,31,33)/t15-,17-,23-/m1/s1. The summed E-state index contributed by atoms with van der Waals surface area (Å²) in [6.45, 7) is 2.77. The maximum absolute atomic E-state index is 12.8. The van der Waals surface area contributed by atoms with Crippen molar-refractivity contribution in [2.24, 2.45) is 0 Å². The molecule has 0 bridgehead atoms. The largest absolute Gasteiger partial charge is 0.471 e. The summed E-state index contributed by atoms with van der Waals surface area (Å²) in [4.78, 5) is 22.5. The second-order valence-corrected chi connectivity index (χ2v) is 8.91. The number of carbonyl (C=O) groups is 1. The summed E-state index contributed by atoms with van der Waals surface area (Å²) in [5, 5.41) is 2.23. The zero-order valence-electron chi connectivity index (χ0n) is 18.3. The first-order valence-electron chi connectivity index (χ1n) is 11.3. The van der Waals surface area contributed by atoms with Gasteiger partial charge in [-0.05, 0) is 54.5 Å². The number of nitrogens with one attached hydrogen (secondary N) is 1. The molecule has 5 rings (SSSR count). The highest BCUT2D eigenvalue weighted by atomic mass is 19.4. The normalized spacial score (nSPS) is 24.5. The Bertz CT molecular complexity index is 1130. The highest BCUT2D eigenvalue weighted by Gasteiger charge is 2.42. The first kappa shape index (κ1) is 21.7. The molecule has 2 aliphatic heterocycles. The molecule has 1 amide bonds. The molecule has 1 fully saturated rings. The Hall–Kier alpha value is -3.16. The molecule has 0 spiro atoms. The first-order valence-corrected chi connectivity index (χ1v) is 11.3. The molecule has 8 heteroatoms. The highest BCUT2D eigenvalue weighted by molar-refractivity contribution is 5.82. The van der Waals surface area contributed by atoms with E-state index in [-0.39, 0.29) is 12.0 Å². The van der Waals surface area contributed by atoms with Crippen LogP contribution < -0.4 is 10.2 Å². The van der Waals surface area contributed by atoms with E-state index in [2.05, 4.69) is 51.4 Å². The van der Waals surface area contributed by atoms with Gasteiger partial charge in [-0.25, -0.2) is 0 Å². The maximum atomic E-state index is 12.8. The molecule has 3 atom stereocenters. The van der Waals surface area contributed by atoms with Crippen molar-refractivity contribution < 1.29 is 18.0 Å². The molecule has 2 aromatic rings. The van der Waals surface area contributed by atoms with Crippen molar-refractivity contribution in [3.63, 3.8) is 0 Å². The number of amides is 1. The van der Waals surface area contributed by atoms with E-state index in [4.69, 9.17) is 0 Å². The van der Waals surface area contributed by atoms with Crippen LogP contribution in [0.3, 0.4) is 0 Å². The average molecular weight is 454 g/mol. The zero-order chi connectivity index (χ0) is 23.2. The summed E-state index contributed by atoms with van der Waals surface area (Å²) in [5.74, 6) is -1.72. The van der Waals surface area contributed by atoms with Crippen molar-refractivity contribution >= 4 is 11.6 Å². The van der Waals surface area contributed by atoms with Crippen LogP contribution in [-0.2, 0) is 4.79 Å². The lowest BCUT2D eigenvalue weighted by atomic mass is 9.81. The van der Waals surface area contributed by atoms with Gasteiger partial charge in [0.15, 0.2) is 0 Å². The summed E-state index contributed by atoms with van der Waals surface area (Å²) in [7, 11) is 0. The Morgan fingerprint density at radius 3 is 2.85 bits per heavy atom. The number of nitrogens with zero attached hydrogens (tertiary/aromatic N) is 3. The van der Waals surface area contributed by atoms with Gasteiger partial charge in [0.05, 0.1) is 17.9 Å². The minimum absolute atomic E-state index is 0.0386. The van der Waals surface area contributed by atoms with Crippen molar-refractivity contribution in [3.05, 3.63) is 65.7 Å². The van der Waals surface area contributed by atoms with Crippen molar-refractivity contribution in [1.29, 1.82) is 0 Å². The monoisotopic (exact) mass is 454 g/mol. The second-order valence-electron chi connectivity index (χ2n) is 8.91. The van der Waals surface area contributed by atoms with Gasteiger partial charge >= 0.3 is 12.1 Å². The van der Waals surface area contributed by atoms with Crippen LogP contribution in [0.25, 0.3) is 11.3 Å². The molecule has 33 heavy (non-hydrogen) atoms. The first-order chi connectivity index (χ1) is 15.8. The van der Waals surface area contributed by atoms with Crippen LogP contribution >= 0.6 is 0 Å². The van der Waals surface area contributed by atoms with Crippen LogP contribution in [0.1, 0.15) is 44.1 Å². The van der Waals surface area contributed by atoms with Crippen LogP contribution in [0.4, 0.5) is 18.9 Å². The third kappa shape index (κ3) is 4.03. The van der Waals surface area contributed by atoms with Crippen molar-refractivity contribution in [3.8, 4) is 11.3 Å². The molecule has 172 valence electrons. The number of anilines is 1. The molecular weight excluding hydrogens is 429 g/mol. The minimum atomic E-state index is -4.86. The Balaban J connectivity index is 1.54. The third-order valence-corrected chi connectivity index (χ3v) is 6.97. The number of benzene rings is 1. The van der Waals surface area contributed by atoms with Gasteiger partial charge in [0.25, 0.3) is 0 Å². The smallest absolute Gasteiger partial charge is 0.364 e. The SMILES string of the molecule is C[C@@H]1C2=C(CCC=C2)[C@H]2C[C@H](NC(=O)C(F)(F)F)CCN2c2ccc(-c3cnccn3)cc21. The number of piperidine rings is 1. The van der Waals surface area contributed by atoms with E-state index in [0.29, 0.717) is 19.4 Å². The number of allylic oxidation sites excluding steroid dienone is 3. The van der Waals surface area contributed by atoms with Gasteiger partial charge in [-0.15, -0.1) is 0 Å². The highest BCUT2D eigenvalue weighted by Crippen LogP contribution is 2.46. The van der Waals surface area contributed by atoms with Gasteiger partial charge in [0, 0.05) is 42.1 Å². The molecular formula is C25H25F3N4O. The van der Waals surface area contributed by atoms with Crippen LogP contribution in [-0.4, -0.2) is 40.7 Å². The fraction of sp³-hybridized carbons (Fsp3) is 0.400. The van der Waals surface area contributed by atoms with Gasteiger partial charge < -0.3 is 10.2 Å². The molecule has 1 aromatic carbocycles. The topological polar surface area (TPSA) is 58.1 Å². The van der Waals surface area contributed by atoms with Gasteiger partial charge in [0.2, 0.25) is 0 Å². The Morgan fingerprint density at radius 1 is 1.24 bits per heavy atom. The van der Waals surface area contributed by atoms with Gasteiger partial charge in [0.1, 0.15) is 0 Å². The molecule has 1 saturated heterocycles. The van der Waals surface area contributed by atoms with Crippen molar-refractivity contribution in [1.82, 2.24) is 15.3 Å². The summed E-state index contributed by atoms with van der Waals surface area (Å²) < 4.78 is 38.5. The maximum Gasteiger partial charge on any atom is 0.471 e. The van der Waals surface area contributed by atoms with Crippen LogP contribution in [0.2, 0.25) is 0 Å². The van der Waals surface area contributed by atoms with E-state index in [0.717, 1.165) is 29.8 Å². The Morgan fingerprint density at radius 2 is 2.09 bits per heavy atom. The predicted octanol–water partition coefficient (Wildman–Crippen LogP) is 4.92. The summed E-state index contributed by atoms with van der Waals surface area (Å²) in [5.41, 5.74) is 6.57. The number of hydrogen-bond donors (Lipinski definition) is 1. The van der Waals surface area contributed by atoms with Gasteiger partial charge in [-0.1, -0.05) is 25.1 Å². The number of alkyl halides is 3. The molecule has 0 radical (unpaired) electrons. The number of rotatable bonds is 2. The summed E-state index contributed by atoms with van der Waals surface area (Å²) in [6, 6.07) is 5.75. The number of fused-ring (bicyclic) bond motifs is 4. The van der Waals surface area contributed by atoms with Gasteiger partial charge in [-0.3, -0.25) is 14.8 Å². The fourth-order valence-corrected chi connectivity index (χ4v) is 5.40. The second kappa shape index (κ2) is 8.32. The minimum Gasteiger partial charge on any atom is -0.364 e. The number of carbonyl (C=O) groups excluding carboxylic acids is 1. The summed E-state index contributed by atoms with van der Waals surface area (Å²) >= 11 is 0. The van der Waals surface area contributed by atoms with E-state index >= 15 is 0 Å². The van der Waals surface area contributed by atoms with Crippen molar-refractivity contribution in [2.75, 3.05) is 11.4 Å². The van der Waals surface area contributed by atoms with E-state index in [9.17, 15) is 18.0 Å². The van der Waals surface area contributed by atoms with Crippen molar-refractivity contribution in [2.45, 2.75) is 56.8 Å².